The zero-order valence-corrected chi connectivity index (χ0v) is 19.0. The molecule has 3 aromatic rings. The van der Waals surface area contributed by atoms with Crippen molar-refractivity contribution in [2.45, 2.75) is 26.5 Å². The number of Topliss-reactive ketones (excluding diaryl/α,β-unsaturated/α-hetero) is 2. The first-order valence-corrected chi connectivity index (χ1v) is 11.1. The molecule has 0 aromatic heterocycles. The van der Waals surface area contributed by atoms with Crippen LogP contribution in [0.5, 0.6) is 0 Å². The van der Waals surface area contributed by atoms with E-state index < -0.39 is 23.7 Å². The molecular formula is C28H27NO4. The molecule has 4 rings (SSSR count). The van der Waals surface area contributed by atoms with Gasteiger partial charge in [-0.1, -0.05) is 80.6 Å². The number of ketones is 2. The average molecular weight is 442 g/mol. The first-order valence-electron chi connectivity index (χ1n) is 11.1. The number of benzene rings is 3. The fraction of sp³-hybridized carbons (Fsp3) is 0.250. The van der Waals surface area contributed by atoms with Crippen molar-refractivity contribution in [3.05, 3.63) is 90.0 Å². The van der Waals surface area contributed by atoms with Crippen molar-refractivity contribution in [2.75, 3.05) is 12.0 Å². The number of nitrogens with zero attached hydrogens (tertiary/aromatic N) is 1. The summed E-state index contributed by atoms with van der Waals surface area (Å²) < 4.78 is 5.36. The summed E-state index contributed by atoms with van der Waals surface area (Å²) in [5.41, 5.74) is 4.25. The van der Waals surface area contributed by atoms with E-state index in [2.05, 4.69) is 0 Å². The van der Waals surface area contributed by atoms with Crippen LogP contribution in [0, 0.1) is 11.8 Å². The Labute approximate surface area is 194 Å². The number of methoxy groups -OCH3 is 1. The molecule has 1 aliphatic rings. The SMILES string of the molecule is COCc1ccccc1C1C(C(=O)C(C)C)C(=O)C(=O)N1c1ccc(-c2ccccc2)cc1. The smallest absolute Gasteiger partial charge is 0.295 e. The van der Waals surface area contributed by atoms with Crippen LogP contribution < -0.4 is 4.90 Å². The highest BCUT2D eigenvalue weighted by molar-refractivity contribution is 6.48. The lowest BCUT2D eigenvalue weighted by Gasteiger charge is -2.29. The summed E-state index contributed by atoms with van der Waals surface area (Å²) in [6.07, 6.45) is 0. The maximum Gasteiger partial charge on any atom is 0.295 e. The molecule has 2 unspecified atom stereocenters. The summed E-state index contributed by atoms with van der Waals surface area (Å²) in [5.74, 6) is -2.96. The van der Waals surface area contributed by atoms with Crippen LogP contribution in [0.3, 0.4) is 0 Å². The number of hydrogen-bond acceptors (Lipinski definition) is 4. The van der Waals surface area contributed by atoms with E-state index >= 15 is 0 Å². The zero-order valence-electron chi connectivity index (χ0n) is 19.0. The minimum Gasteiger partial charge on any atom is -0.380 e. The molecule has 1 heterocycles. The third kappa shape index (κ3) is 4.24. The van der Waals surface area contributed by atoms with E-state index in [1.807, 2.05) is 78.9 Å². The predicted octanol–water partition coefficient (Wildman–Crippen LogP) is 5.00. The maximum absolute atomic E-state index is 13.2. The van der Waals surface area contributed by atoms with Crippen molar-refractivity contribution in [1.29, 1.82) is 0 Å². The standard InChI is InChI=1S/C28H27NO4/c1-18(2)26(30)24-25(23-12-8-7-11-21(23)17-33-3)29(28(32)27(24)31)22-15-13-20(14-16-22)19-9-5-4-6-10-19/h4-16,18,24-25H,17H2,1-3H3. The predicted molar refractivity (Wildman–Crippen MR) is 128 cm³/mol. The minimum absolute atomic E-state index is 0.228. The fourth-order valence-electron chi connectivity index (χ4n) is 4.47. The van der Waals surface area contributed by atoms with Gasteiger partial charge in [-0.15, -0.1) is 0 Å². The highest BCUT2D eigenvalue weighted by Gasteiger charge is 2.52. The van der Waals surface area contributed by atoms with E-state index in [0.717, 1.165) is 22.3 Å². The van der Waals surface area contributed by atoms with Gasteiger partial charge in [-0.25, -0.2) is 0 Å². The molecule has 2 atom stereocenters. The van der Waals surface area contributed by atoms with Crippen LogP contribution in [0.2, 0.25) is 0 Å². The molecule has 0 bridgehead atoms. The summed E-state index contributed by atoms with van der Waals surface area (Å²) >= 11 is 0. The van der Waals surface area contributed by atoms with Crippen molar-refractivity contribution in [1.82, 2.24) is 0 Å². The molecule has 0 radical (unpaired) electrons. The second-order valence-electron chi connectivity index (χ2n) is 8.56. The van der Waals surface area contributed by atoms with Gasteiger partial charge in [0, 0.05) is 18.7 Å². The van der Waals surface area contributed by atoms with E-state index in [1.54, 1.807) is 21.0 Å². The summed E-state index contributed by atoms with van der Waals surface area (Å²) in [6.45, 7) is 3.84. The van der Waals surface area contributed by atoms with Crippen LogP contribution in [0.25, 0.3) is 11.1 Å². The molecule has 168 valence electrons. The van der Waals surface area contributed by atoms with Gasteiger partial charge in [0.15, 0.2) is 0 Å². The van der Waals surface area contributed by atoms with Gasteiger partial charge in [-0.3, -0.25) is 19.3 Å². The molecule has 0 aliphatic carbocycles. The number of ether oxygens (including phenoxy) is 1. The summed E-state index contributed by atoms with van der Waals surface area (Å²) in [7, 11) is 1.60. The first kappa shape index (κ1) is 22.6. The van der Waals surface area contributed by atoms with E-state index in [9.17, 15) is 14.4 Å². The lowest BCUT2D eigenvalue weighted by molar-refractivity contribution is -0.139. The number of amides is 1. The molecule has 1 aliphatic heterocycles. The highest BCUT2D eigenvalue weighted by atomic mass is 16.5. The van der Waals surface area contributed by atoms with Crippen LogP contribution in [0.1, 0.15) is 31.0 Å². The van der Waals surface area contributed by atoms with E-state index in [4.69, 9.17) is 4.74 Å². The average Bonchev–Trinajstić information content (AvgIpc) is 3.10. The van der Waals surface area contributed by atoms with E-state index in [-0.39, 0.29) is 11.7 Å². The van der Waals surface area contributed by atoms with Gasteiger partial charge in [0.25, 0.3) is 5.91 Å². The van der Waals surface area contributed by atoms with Gasteiger partial charge in [0.1, 0.15) is 11.7 Å². The van der Waals surface area contributed by atoms with Crippen LogP contribution in [-0.2, 0) is 25.7 Å². The largest absolute Gasteiger partial charge is 0.380 e. The third-order valence-corrected chi connectivity index (χ3v) is 6.11. The Morgan fingerprint density at radius 1 is 0.879 bits per heavy atom. The van der Waals surface area contributed by atoms with E-state index in [1.165, 1.54) is 4.90 Å². The van der Waals surface area contributed by atoms with Crippen LogP contribution in [0.4, 0.5) is 5.69 Å². The van der Waals surface area contributed by atoms with Gasteiger partial charge < -0.3 is 4.74 Å². The molecule has 3 aromatic carbocycles. The highest BCUT2D eigenvalue weighted by Crippen LogP contribution is 2.42. The molecule has 0 saturated carbocycles. The quantitative estimate of drug-likeness (QED) is 0.382. The molecule has 0 N–H and O–H groups in total. The normalized spacial score (nSPS) is 18.2. The third-order valence-electron chi connectivity index (χ3n) is 6.11. The van der Waals surface area contributed by atoms with Crippen molar-refractivity contribution in [3.63, 3.8) is 0 Å². The van der Waals surface area contributed by atoms with Crippen molar-refractivity contribution < 1.29 is 19.1 Å². The Kier molecular flexibility index (Phi) is 6.52. The minimum atomic E-state index is -1.05. The molecule has 1 fully saturated rings. The second-order valence-corrected chi connectivity index (χ2v) is 8.56. The van der Waals surface area contributed by atoms with Gasteiger partial charge in [0.2, 0.25) is 5.78 Å². The Morgan fingerprint density at radius 3 is 2.12 bits per heavy atom. The maximum atomic E-state index is 13.2. The topological polar surface area (TPSA) is 63.7 Å². The summed E-state index contributed by atoms with van der Waals surface area (Å²) in [5, 5.41) is 0. The number of hydrogen-bond donors (Lipinski definition) is 0. The molecule has 5 nitrogen and oxygen atoms in total. The van der Waals surface area contributed by atoms with Crippen LogP contribution in [-0.4, -0.2) is 24.6 Å². The molecular weight excluding hydrogens is 414 g/mol. The zero-order chi connectivity index (χ0) is 23.5. The van der Waals surface area contributed by atoms with Gasteiger partial charge in [-0.2, -0.15) is 0 Å². The lowest BCUT2D eigenvalue weighted by Crippen LogP contribution is -2.32. The van der Waals surface area contributed by atoms with Crippen molar-refractivity contribution in [3.8, 4) is 11.1 Å². The molecule has 1 amide bonds. The van der Waals surface area contributed by atoms with Gasteiger partial charge in [-0.05, 0) is 34.4 Å². The summed E-state index contributed by atoms with van der Waals surface area (Å²) in [4.78, 5) is 41.0. The first-order chi connectivity index (χ1) is 15.9. The Morgan fingerprint density at radius 2 is 1.48 bits per heavy atom. The van der Waals surface area contributed by atoms with E-state index in [0.29, 0.717) is 12.3 Å². The molecule has 1 saturated heterocycles. The number of carbonyl (C=O) groups excluding carboxylic acids is 3. The van der Waals surface area contributed by atoms with Crippen molar-refractivity contribution in [2.24, 2.45) is 11.8 Å². The Bertz CT molecular complexity index is 1170. The Balaban J connectivity index is 1.82. The van der Waals surface area contributed by atoms with Gasteiger partial charge >= 0.3 is 0 Å². The monoisotopic (exact) mass is 441 g/mol. The molecule has 0 spiro atoms. The van der Waals surface area contributed by atoms with Crippen LogP contribution in [0.15, 0.2) is 78.9 Å². The fourth-order valence-corrected chi connectivity index (χ4v) is 4.47. The number of carbonyl (C=O) groups is 3. The number of rotatable bonds is 7. The summed E-state index contributed by atoms with van der Waals surface area (Å²) in [6, 6.07) is 24.3. The second kappa shape index (κ2) is 9.51. The molecule has 5 heteroatoms. The molecule has 33 heavy (non-hydrogen) atoms. The number of anilines is 1. The van der Waals surface area contributed by atoms with Crippen LogP contribution >= 0.6 is 0 Å². The Hall–Kier alpha value is -3.57. The van der Waals surface area contributed by atoms with Crippen molar-refractivity contribution >= 4 is 23.2 Å². The van der Waals surface area contributed by atoms with Gasteiger partial charge in [0.05, 0.1) is 12.6 Å². The lowest BCUT2D eigenvalue weighted by atomic mass is 9.83.